The van der Waals surface area contributed by atoms with Crippen LogP contribution < -0.4 is 11.2 Å². The van der Waals surface area contributed by atoms with Crippen molar-refractivity contribution in [1.29, 1.82) is 0 Å². The predicted octanol–water partition coefficient (Wildman–Crippen LogP) is 4.68. The standard InChI is InChI=1S/C18H9ClF6N2O2/c19-14-9-15(28)27(13-6-2-4-11(8-13)18(23,24)25)16(29)26(14)12-5-1-3-10(7-12)17(20,21)22/h1-9H. The summed E-state index contributed by atoms with van der Waals surface area (Å²) in [6, 6.07) is 7.70. The van der Waals surface area contributed by atoms with E-state index in [1.165, 1.54) is 0 Å². The highest BCUT2D eigenvalue weighted by Crippen LogP contribution is 2.31. The molecular formula is C18H9ClF6N2O2. The van der Waals surface area contributed by atoms with Crippen molar-refractivity contribution in [2.45, 2.75) is 12.4 Å². The molecule has 29 heavy (non-hydrogen) atoms. The number of hydrogen-bond acceptors (Lipinski definition) is 2. The molecule has 1 heterocycles. The van der Waals surface area contributed by atoms with Gasteiger partial charge in [0, 0.05) is 6.07 Å². The molecule has 3 rings (SSSR count). The SMILES string of the molecule is O=c1cc(Cl)n(-c2cccc(C(F)(F)F)c2)c(=O)n1-c1cccc(C(F)(F)F)c1. The first kappa shape index (κ1) is 20.7. The van der Waals surface area contributed by atoms with Crippen molar-refractivity contribution in [1.82, 2.24) is 9.13 Å². The van der Waals surface area contributed by atoms with Gasteiger partial charge in [-0.25, -0.2) is 9.36 Å². The predicted molar refractivity (Wildman–Crippen MR) is 92.7 cm³/mol. The van der Waals surface area contributed by atoms with Crippen LogP contribution in [0.2, 0.25) is 5.15 Å². The molecule has 0 N–H and O–H groups in total. The molecule has 0 spiro atoms. The first-order chi connectivity index (χ1) is 13.4. The van der Waals surface area contributed by atoms with Crippen LogP contribution in [-0.2, 0) is 12.4 Å². The Bertz CT molecular complexity index is 1190. The van der Waals surface area contributed by atoms with Crippen molar-refractivity contribution in [3.8, 4) is 11.4 Å². The topological polar surface area (TPSA) is 44.0 Å². The Kier molecular flexibility index (Phi) is 5.08. The van der Waals surface area contributed by atoms with Crippen LogP contribution in [0.5, 0.6) is 0 Å². The van der Waals surface area contributed by atoms with E-state index in [9.17, 15) is 35.9 Å². The summed E-state index contributed by atoms with van der Waals surface area (Å²) in [5.74, 6) is 0. The third-order valence-corrected chi connectivity index (χ3v) is 4.20. The van der Waals surface area contributed by atoms with Crippen LogP contribution in [0.25, 0.3) is 11.4 Å². The first-order valence-corrected chi connectivity index (χ1v) is 8.17. The summed E-state index contributed by atoms with van der Waals surface area (Å²) < 4.78 is 78.7. The maximum absolute atomic E-state index is 13.0. The molecule has 0 aliphatic rings. The highest BCUT2D eigenvalue weighted by atomic mass is 35.5. The Labute approximate surface area is 163 Å². The molecule has 0 saturated carbocycles. The van der Waals surface area contributed by atoms with Crippen molar-refractivity contribution < 1.29 is 26.3 Å². The summed E-state index contributed by atoms with van der Waals surface area (Å²) in [5, 5.41) is -0.498. The smallest absolute Gasteiger partial charge is 0.269 e. The quantitative estimate of drug-likeness (QED) is 0.434. The molecule has 0 aliphatic carbocycles. The van der Waals surface area contributed by atoms with Crippen molar-refractivity contribution in [2.24, 2.45) is 0 Å². The van der Waals surface area contributed by atoms with Crippen LogP contribution in [-0.4, -0.2) is 9.13 Å². The van der Waals surface area contributed by atoms with Crippen LogP contribution >= 0.6 is 11.6 Å². The maximum Gasteiger partial charge on any atom is 0.416 e. The second-order valence-corrected chi connectivity index (χ2v) is 6.24. The zero-order chi connectivity index (χ0) is 21.6. The Morgan fingerprint density at radius 1 is 0.690 bits per heavy atom. The van der Waals surface area contributed by atoms with Gasteiger partial charge in [-0.3, -0.25) is 9.36 Å². The van der Waals surface area contributed by atoms with Crippen molar-refractivity contribution in [3.63, 3.8) is 0 Å². The van der Waals surface area contributed by atoms with Gasteiger partial charge in [-0.15, -0.1) is 0 Å². The second-order valence-electron chi connectivity index (χ2n) is 5.85. The molecule has 0 aliphatic heterocycles. The zero-order valence-corrected chi connectivity index (χ0v) is 14.8. The van der Waals surface area contributed by atoms with Gasteiger partial charge in [-0.2, -0.15) is 26.3 Å². The summed E-state index contributed by atoms with van der Waals surface area (Å²) in [7, 11) is 0. The van der Waals surface area contributed by atoms with E-state index in [1.54, 1.807) is 0 Å². The molecule has 0 saturated heterocycles. The van der Waals surface area contributed by atoms with Gasteiger partial charge in [-0.1, -0.05) is 23.7 Å². The summed E-state index contributed by atoms with van der Waals surface area (Å²) in [6.07, 6.45) is -9.44. The minimum Gasteiger partial charge on any atom is -0.269 e. The second kappa shape index (κ2) is 7.11. The minimum atomic E-state index is -4.73. The van der Waals surface area contributed by atoms with E-state index in [4.69, 9.17) is 11.6 Å². The number of alkyl halides is 6. The molecule has 0 bridgehead atoms. The lowest BCUT2D eigenvalue weighted by atomic mass is 10.2. The number of aromatic nitrogens is 2. The maximum atomic E-state index is 13.0. The lowest BCUT2D eigenvalue weighted by Crippen LogP contribution is -2.38. The molecule has 0 atom stereocenters. The van der Waals surface area contributed by atoms with Crippen molar-refractivity contribution in [2.75, 3.05) is 0 Å². The van der Waals surface area contributed by atoms with Crippen LogP contribution in [0.4, 0.5) is 26.3 Å². The highest BCUT2D eigenvalue weighted by Gasteiger charge is 2.32. The average Bonchev–Trinajstić information content (AvgIpc) is 2.60. The van der Waals surface area contributed by atoms with Gasteiger partial charge in [0.1, 0.15) is 5.15 Å². The number of nitrogens with zero attached hydrogens (tertiary/aromatic N) is 2. The summed E-state index contributed by atoms with van der Waals surface area (Å²) in [4.78, 5) is 25.0. The van der Waals surface area contributed by atoms with Gasteiger partial charge < -0.3 is 0 Å². The van der Waals surface area contributed by atoms with E-state index < -0.39 is 45.6 Å². The molecule has 152 valence electrons. The normalized spacial score (nSPS) is 12.2. The van der Waals surface area contributed by atoms with Gasteiger partial charge in [-0.05, 0) is 36.4 Å². The third-order valence-electron chi connectivity index (χ3n) is 3.92. The lowest BCUT2D eigenvalue weighted by Gasteiger charge is -2.15. The molecule has 4 nitrogen and oxygen atoms in total. The fraction of sp³-hybridized carbons (Fsp3) is 0.111. The van der Waals surface area contributed by atoms with Gasteiger partial charge in [0.2, 0.25) is 0 Å². The van der Waals surface area contributed by atoms with E-state index in [0.717, 1.165) is 42.5 Å². The number of benzene rings is 2. The van der Waals surface area contributed by atoms with Crippen molar-refractivity contribution in [3.05, 3.63) is 91.7 Å². The molecular weight excluding hydrogens is 426 g/mol. The van der Waals surface area contributed by atoms with E-state index >= 15 is 0 Å². The number of hydrogen-bond donors (Lipinski definition) is 0. The minimum absolute atomic E-state index is 0.310. The number of halogens is 7. The summed E-state index contributed by atoms with van der Waals surface area (Å²) in [5.41, 5.74) is -5.16. The summed E-state index contributed by atoms with van der Waals surface area (Å²) in [6.45, 7) is 0. The lowest BCUT2D eigenvalue weighted by molar-refractivity contribution is -0.138. The molecule has 3 aromatic rings. The molecule has 0 amide bonds. The van der Waals surface area contributed by atoms with E-state index in [2.05, 4.69) is 0 Å². The Balaban J connectivity index is 2.27. The van der Waals surface area contributed by atoms with E-state index in [1.807, 2.05) is 0 Å². The van der Waals surface area contributed by atoms with Gasteiger partial charge >= 0.3 is 18.0 Å². The van der Waals surface area contributed by atoms with Crippen LogP contribution in [0.15, 0.2) is 64.2 Å². The largest absolute Gasteiger partial charge is 0.416 e. The van der Waals surface area contributed by atoms with Crippen LogP contribution in [0.1, 0.15) is 11.1 Å². The molecule has 11 heteroatoms. The Morgan fingerprint density at radius 3 is 1.59 bits per heavy atom. The van der Waals surface area contributed by atoms with Crippen LogP contribution in [0, 0.1) is 0 Å². The average molecular weight is 435 g/mol. The highest BCUT2D eigenvalue weighted by molar-refractivity contribution is 6.29. The molecule has 0 radical (unpaired) electrons. The van der Waals surface area contributed by atoms with E-state index in [-0.39, 0.29) is 5.69 Å². The third kappa shape index (κ3) is 4.07. The fourth-order valence-corrected chi connectivity index (χ4v) is 2.89. The van der Waals surface area contributed by atoms with Gasteiger partial charge in [0.25, 0.3) is 5.56 Å². The van der Waals surface area contributed by atoms with Crippen molar-refractivity contribution >= 4 is 11.6 Å². The molecule has 0 unspecified atom stereocenters. The van der Waals surface area contributed by atoms with Gasteiger partial charge in [0.15, 0.2) is 0 Å². The Hall–Kier alpha value is -3.01. The number of rotatable bonds is 2. The molecule has 1 aromatic heterocycles. The first-order valence-electron chi connectivity index (χ1n) is 7.79. The Morgan fingerprint density at radius 2 is 1.14 bits per heavy atom. The molecule has 0 fully saturated rings. The molecule has 2 aromatic carbocycles. The summed E-state index contributed by atoms with van der Waals surface area (Å²) >= 11 is 5.89. The monoisotopic (exact) mass is 434 g/mol. The van der Waals surface area contributed by atoms with E-state index in [0.29, 0.717) is 21.3 Å². The fourth-order valence-electron chi connectivity index (χ4n) is 2.63. The zero-order valence-electron chi connectivity index (χ0n) is 14.1. The van der Waals surface area contributed by atoms with Gasteiger partial charge in [0.05, 0.1) is 22.5 Å². The van der Waals surface area contributed by atoms with Crippen LogP contribution in [0.3, 0.4) is 0 Å².